The number of carbonyl (C=O) groups excluding carboxylic acids is 1. The Hall–Kier alpha value is -0.800. The molecular weight excluding hydrogens is 340 g/mol. The lowest BCUT2D eigenvalue weighted by atomic mass is 9.47. The van der Waals surface area contributed by atoms with Gasteiger partial charge in [-0.1, -0.05) is 25.5 Å². The number of aliphatic hydroxyl groups is 1. The summed E-state index contributed by atoms with van der Waals surface area (Å²) in [4.78, 5) is 12.8. The molecule has 3 heteroatoms. The summed E-state index contributed by atoms with van der Waals surface area (Å²) < 4.78 is 0. The normalized spacial score (nSPS) is 50.3. The summed E-state index contributed by atoms with van der Waals surface area (Å²) in [6, 6.07) is 0. The Balaban J connectivity index is 1.47. The van der Waals surface area contributed by atoms with Crippen molar-refractivity contribution in [1.29, 1.82) is 0 Å². The number of hydrogen-bond acceptors (Lipinski definition) is 3. The van der Waals surface area contributed by atoms with Gasteiger partial charge in [0.15, 0.2) is 0 Å². The molecule has 0 bridgehead atoms. The van der Waals surface area contributed by atoms with Gasteiger partial charge in [0.1, 0.15) is 0 Å². The molecule has 1 heterocycles. The van der Waals surface area contributed by atoms with Crippen LogP contribution in [0.1, 0.15) is 65.2 Å². The van der Waals surface area contributed by atoms with E-state index in [9.17, 15) is 9.90 Å². The zero-order valence-electron chi connectivity index (χ0n) is 16.0. The highest BCUT2D eigenvalue weighted by Gasteiger charge is 2.58. The fourth-order valence-electron chi connectivity index (χ4n) is 7.25. The molecule has 3 saturated carbocycles. The number of rotatable bonds is 0. The van der Waals surface area contributed by atoms with Crippen LogP contribution < -0.4 is 0 Å². The number of allylic oxidation sites excluding steroid dienone is 4. The van der Waals surface area contributed by atoms with Gasteiger partial charge in [-0.25, -0.2) is 0 Å². The van der Waals surface area contributed by atoms with Crippen molar-refractivity contribution in [3.8, 4) is 0 Å². The molecule has 0 aromatic rings. The average Bonchev–Trinajstić information content (AvgIpc) is 3.18. The largest absolute Gasteiger partial charge is 0.393 e. The van der Waals surface area contributed by atoms with Gasteiger partial charge in [-0.2, -0.15) is 0 Å². The van der Waals surface area contributed by atoms with Crippen LogP contribution in [-0.2, 0) is 4.79 Å². The molecule has 0 amide bonds. The first-order chi connectivity index (χ1) is 12.4. The predicted molar refractivity (Wildman–Crippen MR) is 106 cm³/mol. The Bertz CT molecular complexity index is 747. The Morgan fingerprint density at radius 2 is 1.88 bits per heavy atom. The SMILES string of the molecule is C[C@]12CCC(=C3C=CC(=O)S3)C=C1CC[C@@H]1[C@@H]2CC[C@]2(C)C(O)CC[C@@H]12. The topological polar surface area (TPSA) is 37.3 Å². The Morgan fingerprint density at radius 1 is 1.04 bits per heavy atom. The molecule has 3 fully saturated rings. The second-order valence-corrected chi connectivity index (χ2v) is 10.8. The molecule has 0 radical (unpaired) electrons. The third kappa shape index (κ3) is 2.32. The minimum atomic E-state index is -0.0791. The van der Waals surface area contributed by atoms with Crippen molar-refractivity contribution in [1.82, 2.24) is 0 Å². The molecule has 0 spiro atoms. The molecule has 5 rings (SSSR count). The van der Waals surface area contributed by atoms with E-state index < -0.39 is 0 Å². The fourth-order valence-corrected chi connectivity index (χ4v) is 8.03. The lowest BCUT2D eigenvalue weighted by Crippen LogP contribution is -2.50. The van der Waals surface area contributed by atoms with Gasteiger partial charge in [-0.05, 0) is 109 Å². The van der Waals surface area contributed by atoms with Gasteiger partial charge in [0.05, 0.1) is 6.10 Å². The molecule has 0 aromatic carbocycles. The zero-order valence-corrected chi connectivity index (χ0v) is 16.8. The Labute approximate surface area is 161 Å². The fraction of sp³-hybridized carbons (Fsp3) is 0.696. The standard InChI is InChI=1S/C23H30O2S/c1-22-11-9-14(19-6-8-21(25)26-19)13-15(22)3-4-16-17-5-7-20(24)23(17,2)12-10-18(16)22/h6,8,13,16-18,20,24H,3-5,7,9-12H2,1-2H3/t16-,17-,18-,20?,22-,23-/m0/s1. The van der Waals surface area contributed by atoms with Gasteiger partial charge in [0, 0.05) is 4.91 Å². The highest BCUT2D eigenvalue weighted by atomic mass is 32.2. The van der Waals surface area contributed by atoms with Crippen LogP contribution in [0.3, 0.4) is 0 Å². The van der Waals surface area contributed by atoms with Gasteiger partial charge in [-0.3, -0.25) is 4.79 Å². The number of hydrogen-bond donors (Lipinski definition) is 1. The molecule has 6 atom stereocenters. The highest BCUT2D eigenvalue weighted by molar-refractivity contribution is 8.17. The molecule has 1 unspecified atom stereocenters. The number of aliphatic hydroxyl groups excluding tert-OH is 1. The molecule has 0 saturated heterocycles. The van der Waals surface area contributed by atoms with E-state index in [4.69, 9.17) is 0 Å². The third-order valence-electron chi connectivity index (χ3n) is 8.85. The van der Waals surface area contributed by atoms with Crippen molar-refractivity contribution in [2.24, 2.45) is 28.6 Å². The van der Waals surface area contributed by atoms with E-state index in [1.165, 1.54) is 60.8 Å². The van der Waals surface area contributed by atoms with Crippen molar-refractivity contribution in [2.75, 3.05) is 0 Å². The van der Waals surface area contributed by atoms with Crippen LogP contribution in [0.4, 0.5) is 0 Å². The first kappa shape index (κ1) is 17.3. The lowest BCUT2D eigenvalue weighted by Gasteiger charge is -2.58. The van der Waals surface area contributed by atoms with Crippen molar-refractivity contribution < 1.29 is 9.90 Å². The summed E-state index contributed by atoms with van der Waals surface area (Å²) >= 11 is 1.40. The van der Waals surface area contributed by atoms with Crippen LogP contribution >= 0.6 is 11.8 Å². The van der Waals surface area contributed by atoms with Crippen molar-refractivity contribution in [3.05, 3.63) is 34.3 Å². The molecule has 1 N–H and O–H groups in total. The third-order valence-corrected chi connectivity index (χ3v) is 9.80. The van der Waals surface area contributed by atoms with Crippen molar-refractivity contribution in [3.63, 3.8) is 0 Å². The molecule has 140 valence electrons. The predicted octanol–water partition coefficient (Wildman–Crippen LogP) is 5.39. The molecule has 0 aromatic heterocycles. The van der Waals surface area contributed by atoms with Crippen molar-refractivity contribution >= 4 is 16.9 Å². The quantitative estimate of drug-likeness (QED) is 0.621. The molecule has 26 heavy (non-hydrogen) atoms. The van der Waals surface area contributed by atoms with Crippen molar-refractivity contribution in [2.45, 2.75) is 71.3 Å². The van der Waals surface area contributed by atoms with Crippen LogP contribution in [0.2, 0.25) is 0 Å². The van der Waals surface area contributed by atoms with Gasteiger partial charge < -0.3 is 5.11 Å². The maximum atomic E-state index is 11.6. The second kappa shape index (κ2) is 5.85. The monoisotopic (exact) mass is 370 g/mol. The molecule has 5 aliphatic rings. The van der Waals surface area contributed by atoms with E-state index in [1.54, 1.807) is 11.6 Å². The summed E-state index contributed by atoms with van der Waals surface area (Å²) in [5.74, 6) is 2.30. The van der Waals surface area contributed by atoms with E-state index in [2.05, 4.69) is 19.9 Å². The molecule has 1 aliphatic heterocycles. The van der Waals surface area contributed by atoms with Crippen LogP contribution in [0, 0.1) is 28.6 Å². The van der Waals surface area contributed by atoms with Crippen LogP contribution in [0.5, 0.6) is 0 Å². The lowest BCUT2D eigenvalue weighted by molar-refractivity contribution is -0.106. The van der Waals surface area contributed by atoms with E-state index in [1.807, 2.05) is 6.08 Å². The summed E-state index contributed by atoms with van der Waals surface area (Å²) in [7, 11) is 0. The summed E-state index contributed by atoms with van der Waals surface area (Å²) in [6.45, 7) is 4.89. The molecule has 4 aliphatic carbocycles. The highest BCUT2D eigenvalue weighted by Crippen LogP contribution is 2.65. The maximum absolute atomic E-state index is 11.6. The van der Waals surface area contributed by atoms with Gasteiger partial charge in [-0.15, -0.1) is 0 Å². The summed E-state index contributed by atoms with van der Waals surface area (Å²) in [6.07, 6.45) is 15.7. The first-order valence-electron chi connectivity index (χ1n) is 10.4. The van der Waals surface area contributed by atoms with E-state index in [0.29, 0.717) is 5.41 Å². The van der Waals surface area contributed by atoms with Crippen LogP contribution in [0.25, 0.3) is 0 Å². The first-order valence-corrected chi connectivity index (χ1v) is 11.3. The Kier molecular flexibility index (Phi) is 3.89. The van der Waals surface area contributed by atoms with Crippen LogP contribution in [0.15, 0.2) is 34.3 Å². The minimum Gasteiger partial charge on any atom is -0.393 e. The number of fused-ring (bicyclic) bond motifs is 5. The maximum Gasteiger partial charge on any atom is 0.216 e. The van der Waals surface area contributed by atoms with Gasteiger partial charge in [0.2, 0.25) is 5.12 Å². The zero-order chi connectivity index (χ0) is 18.1. The Morgan fingerprint density at radius 3 is 2.65 bits per heavy atom. The summed E-state index contributed by atoms with van der Waals surface area (Å²) in [5, 5.41) is 10.8. The minimum absolute atomic E-state index is 0.0791. The molecular formula is C23H30O2S. The molecule has 2 nitrogen and oxygen atoms in total. The smallest absolute Gasteiger partial charge is 0.216 e. The number of carbonyl (C=O) groups is 1. The van der Waals surface area contributed by atoms with Crippen LogP contribution in [-0.4, -0.2) is 16.3 Å². The summed E-state index contributed by atoms with van der Waals surface area (Å²) in [5.41, 5.74) is 3.54. The second-order valence-electron chi connectivity index (χ2n) is 9.78. The van der Waals surface area contributed by atoms with E-state index in [-0.39, 0.29) is 16.6 Å². The number of thioether (sulfide) groups is 1. The van der Waals surface area contributed by atoms with Gasteiger partial charge >= 0.3 is 0 Å². The average molecular weight is 371 g/mol. The van der Waals surface area contributed by atoms with E-state index in [0.717, 1.165) is 30.6 Å². The van der Waals surface area contributed by atoms with Gasteiger partial charge in [0.25, 0.3) is 0 Å². The van der Waals surface area contributed by atoms with E-state index >= 15 is 0 Å².